The molecule has 194 valence electrons. The highest BCUT2D eigenvalue weighted by Gasteiger charge is 2.23. The molecule has 38 heavy (non-hydrogen) atoms. The van der Waals surface area contributed by atoms with Crippen LogP contribution in [0.1, 0.15) is 9.59 Å². The molecule has 5 rings (SSSR count). The van der Waals surface area contributed by atoms with E-state index in [4.69, 9.17) is 5.26 Å². The summed E-state index contributed by atoms with van der Waals surface area (Å²) in [4.78, 5) is 53.3. The van der Waals surface area contributed by atoms with Crippen LogP contribution < -0.4 is 10.9 Å². The molecule has 2 N–H and O–H groups in total. The molecule has 0 radical (unpaired) electrons. The van der Waals surface area contributed by atoms with Gasteiger partial charge in [0.2, 0.25) is 11.8 Å². The number of pyridine rings is 2. The van der Waals surface area contributed by atoms with Crippen LogP contribution in [0.15, 0.2) is 70.3 Å². The molecule has 0 saturated carbocycles. The molecule has 0 amide bonds. The van der Waals surface area contributed by atoms with Gasteiger partial charge in [-0.1, -0.05) is 29.3 Å². The van der Waals surface area contributed by atoms with Crippen molar-refractivity contribution in [3.8, 4) is 0 Å². The summed E-state index contributed by atoms with van der Waals surface area (Å²) in [5.74, 6) is -3.26. The summed E-state index contributed by atoms with van der Waals surface area (Å²) in [6.07, 6.45) is 0. The van der Waals surface area contributed by atoms with Crippen molar-refractivity contribution in [2.45, 2.75) is 0 Å². The molecule has 0 saturated heterocycles. The zero-order valence-electron chi connectivity index (χ0n) is 19.1. The van der Waals surface area contributed by atoms with Crippen molar-refractivity contribution in [3.05, 3.63) is 81.1 Å². The van der Waals surface area contributed by atoms with E-state index in [1.807, 2.05) is 0 Å². The zero-order chi connectivity index (χ0) is 27.2. The maximum Gasteiger partial charge on any atom is 0.274 e. The summed E-state index contributed by atoms with van der Waals surface area (Å²) >= 11 is 0.486. The van der Waals surface area contributed by atoms with Crippen molar-refractivity contribution in [1.82, 2.24) is 9.13 Å². The number of hydrogen-bond donors (Lipinski definition) is 2. The molecule has 0 unspecified atom stereocenters. The molecule has 0 aliphatic carbocycles. The molecule has 0 aliphatic heterocycles. The SMILES string of the molecule is O=C(CSOOO)n1c2ccccc2c(=O)c2cc3c(cc21)c(=O)c1ccccc1n3C(=O)CS(=O)(=O)O. The Morgan fingerprint density at radius 3 is 1.71 bits per heavy atom. The van der Waals surface area contributed by atoms with Crippen molar-refractivity contribution in [2.24, 2.45) is 0 Å². The number of rotatable bonds is 6. The molecule has 3 aromatic carbocycles. The van der Waals surface area contributed by atoms with Crippen LogP contribution in [0.4, 0.5) is 0 Å². The number of carbonyl (C=O) groups excluding carboxylic acids is 2. The van der Waals surface area contributed by atoms with Crippen molar-refractivity contribution in [3.63, 3.8) is 0 Å². The van der Waals surface area contributed by atoms with Gasteiger partial charge in [0.25, 0.3) is 10.1 Å². The van der Waals surface area contributed by atoms with E-state index in [9.17, 15) is 32.1 Å². The van der Waals surface area contributed by atoms with Crippen LogP contribution in [0.5, 0.6) is 0 Å². The minimum atomic E-state index is -4.73. The highest BCUT2D eigenvalue weighted by Crippen LogP contribution is 2.27. The lowest BCUT2D eigenvalue weighted by molar-refractivity contribution is -0.432. The predicted octanol–water partition coefficient (Wildman–Crippen LogP) is 2.86. The highest BCUT2D eigenvalue weighted by molar-refractivity contribution is 7.95. The van der Waals surface area contributed by atoms with E-state index in [2.05, 4.69) is 9.37 Å². The number of fused-ring (bicyclic) bond motifs is 4. The molecule has 0 spiro atoms. The Balaban J connectivity index is 1.96. The minimum absolute atomic E-state index is 0.0306. The van der Waals surface area contributed by atoms with Gasteiger partial charge in [0.15, 0.2) is 16.6 Å². The van der Waals surface area contributed by atoms with E-state index in [0.717, 1.165) is 4.57 Å². The zero-order valence-corrected chi connectivity index (χ0v) is 20.7. The standard InChI is InChI=1S/C24H16N2O10S2/c27-21(11-37-36-35-31)25-17-7-3-1-5-13(17)23(29)15-10-20-16(9-19(15)25)24(30)14-6-2-4-8-18(14)26(20)22(28)12-38(32,33)34/h1-10,31H,11-12H2,(H,32,33,34). The third kappa shape index (κ3) is 4.38. The second-order valence-corrected chi connectivity index (χ2v) is 10.3. The first-order valence-electron chi connectivity index (χ1n) is 10.8. The van der Waals surface area contributed by atoms with Crippen molar-refractivity contribution in [2.75, 3.05) is 11.5 Å². The topological polar surface area (TPSA) is 171 Å². The average Bonchev–Trinajstić information content (AvgIpc) is 2.88. The average molecular weight is 557 g/mol. The molecular formula is C24H16N2O10S2. The Bertz CT molecular complexity index is 2030. The number of para-hydroxylation sites is 2. The quantitative estimate of drug-likeness (QED) is 0.0787. The van der Waals surface area contributed by atoms with Gasteiger partial charge in [0.05, 0.1) is 22.1 Å². The van der Waals surface area contributed by atoms with Gasteiger partial charge in [-0.15, -0.1) is 4.33 Å². The van der Waals surface area contributed by atoms with Crippen LogP contribution in [0, 0.1) is 0 Å². The fraction of sp³-hybridized carbons (Fsp3) is 0.0833. The fourth-order valence-electron chi connectivity index (χ4n) is 4.50. The Morgan fingerprint density at radius 2 is 1.24 bits per heavy atom. The summed E-state index contributed by atoms with van der Waals surface area (Å²) in [5.41, 5.74) is -0.736. The van der Waals surface area contributed by atoms with Gasteiger partial charge in [-0.25, -0.2) is 5.26 Å². The van der Waals surface area contributed by atoms with E-state index in [1.165, 1.54) is 34.9 Å². The van der Waals surface area contributed by atoms with Crippen LogP contribution in [-0.2, 0) is 19.5 Å². The largest absolute Gasteiger partial charge is 0.288 e. The molecule has 5 aromatic rings. The van der Waals surface area contributed by atoms with Crippen LogP contribution in [0.25, 0.3) is 43.6 Å². The molecular weight excluding hydrogens is 540 g/mol. The van der Waals surface area contributed by atoms with Gasteiger partial charge in [-0.3, -0.25) is 32.9 Å². The molecule has 2 aromatic heterocycles. The number of benzene rings is 3. The first kappa shape index (κ1) is 25.7. The molecule has 14 heteroatoms. The van der Waals surface area contributed by atoms with Crippen LogP contribution in [0.3, 0.4) is 0 Å². The molecule has 0 atom stereocenters. The lowest BCUT2D eigenvalue weighted by Gasteiger charge is -2.17. The maximum absolute atomic E-state index is 13.5. The summed E-state index contributed by atoms with van der Waals surface area (Å²) in [7, 11) is -4.73. The van der Waals surface area contributed by atoms with Gasteiger partial charge in [0, 0.05) is 33.6 Å². The van der Waals surface area contributed by atoms with Crippen molar-refractivity contribution < 1.29 is 37.2 Å². The van der Waals surface area contributed by atoms with E-state index in [0.29, 0.717) is 12.0 Å². The minimum Gasteiger partial charge on any atom is -0.288 e. The van der Waals surface area contributed by atoms with Crippen LogP contribution in [-0.4, -0.2) is 50.7 Å². The number of carbonyl (C=O) groups is 2. The summed E-state index contributed by atoms with van der Waals surface area (Å²) in [5, 5.41) is 12.0. The summed E-state index contributed by atoms with van der Waals surface area (Å²) in [6, 6.07) is 14.8. The molecule has 0 fully saturated rings. The third-order valence-electron chi connectivity index (χ3n) is 5.93. The van der Waals surface area contributed by atoms with Crippen molar-refractivity contribution in [1.29, 1.82) is 0 Å². The van der Waals surface area contributed by atoms with Gasteiger partial charge in [-0.05, 0) is 36.4 Å². The Morgan fingerprint density at radius 1 is 0.763 bits per heavy atom. The Kier molecular flexibility index (Phi) is 6.60. The maximum atomic E-state index is 13.5. The summed E-state index contributed by atoms with van der Waals surface area (Å²) in [6.45, 7) is 0. The first-order valence-corrected chi connectivity index (χ1v) is 13.3. The van der Waals surface area contributed by atoms with E-state index < -0.39 is 38.5 Å². The van der Waals surface area contributed by atoms with Gasteiger partial charge >= 0.3 is 0 Å². The summed E-state index contributed by atoms with van der Waals surface area (Å²) < 4.78 is 38.8. The van der Waals surface area contributed by atoms with Gasteiger partial charge < -0.3 is 0 Å². The smallest absolute Gasteiger partial charge is 0.274 e. The predicted molar refractivity (Wildman–Crippen MR) is 140 cm³/mol. The van der Waals surface area contributed by atoms with Crippen LogP contribution in [0.2, 0.25) is 0 Å². The van der Waals surface area contributed by atoms with E-state index >= 15 is 0 Å². The molecule has 0 aliphatic rings. The molecule has 12 nitrogen and oxygen atoms in total. The molecule has 0 bridgehead atoms. The van der Waals surface area contributed by atoms with Gasteiger partial charge in [0.1, 0.15) is 5.75 Å². The third-order valence-corrected chi connectivity index (χ3v) is 7.06. The fourth-order valence-corrected chi connectivity index (χ4v) is 5.26. The first-order chi connectivity index (χ1) is 18.1. The molecule has 2 heterocycles. The number of hydrogen-bond acceptors (Lipinski definition) is 10. The highest BCUT2D eigenvalue weighted by atomic mass is 32.2. The van der Waals surface area contributed by atoms with E-state index in [1.54, 1.807) is 30.3 Å². The monoisotopic (exact) mass is 556 g/mol. The number of nitrogens with zero attached hydrogens (tertiary/aromatic N) is 2. The normalized spacial score (nSPS) is 12.1. The van der Waals surface area contributed by atoms with Crippen LogP contribution >= 0.6 is 12.0 Å². The Hall–Kier alpha value is -3.92. The second-order valence-electron chi connectivity index (χ2n) is 8.17. The Labute approximate surface area is 216 Å². The van der Waals surface area contributed by atoms with E-state index in [-0.39, 0.29) is 49.4 Å². The lowest BCUT2D eigenvalue weighted by Crippen LogP contribution is -2.25. The number of aromatic nitrogens is 2. The lowest BCUT2D eigenvalue weighted by atomic mass is 10.0. The van der Waals surface area contributed by atoms with Gasteiger partial charge in [-0.2, -0.15) is 8.42 Å². The second kappa shape index (κ2) is 9.75. The van der Waals surface area contributed by atoms with Crippen molar-refractivity contribution >= 4 is 77.6 Å².